The van der Waals surface area contributed by atoms with Crippen LogP contribution < -0.4 is 4.90 Å². The number of rotatable bonds is 3. The first-order chi connectivity index (χ1) is 8.52. The van der Waals surface area contributed by atoms with Crippen LogP contribution in [0.2, 0.25) is 0 Å². The van der Waals surface area contributed by atoms with Gasteiger partial charge in [0.1, 0.15) is 0 Å². The lowest BCUT2D eigenvalue weighted by Crippen LogP contribution is -2.24. The molecule has 1 N–H and O–H groups in total. The van der Waals surface area contributed by atoms with Gasteiger partial charge in [0, 0.05) is 42.8 Å². The molecule has 0 aliphatic carbocycles. The van der Waals surface area contributed by atoms with E-state index in [9.17, 15) is 14.9 Å². The summed E-state index contributed by atoms with van der Waals surface area (Å²) in [7, 11) is 0. The molecular weight excluding hydrogens is 236 g/mol. The summed E-state index contributed by atoms with van der Waals surface area (Å²) in [5.74, 6) is -0.102. The zero-order chi connectivity index (χ0) is 13.3. The fraction of sp³-hybridized carbons (Fsp3) is 0.417. The minimum Gasteiger partial charge on any atom is -0.396 e. The molecule has 96 valence electrons. The second-order valence-corrected chi connectivity index (χ2v) is 4.48. The van der Waals surface area contributed by atoms with Crippen LogP contribution in [0.5, 0.6) is 0 Å². The summed E-state index contributed by atoms with van der Waals surface area (Å²) in [4.78, 5) is 23.6. The summed E-state index contributed by atoms with van der Waals surface area (Å²) in [6.07, 6.45) is 0.326. The highest BCUT2D eigenvalue weighted by atomic mass is 16.6. The van der Waals surface area contributed by atoms with Crippen molar-refractivity contribution in [3.8, 4) is 0 Å². The van der Waals surface area contributed by atoms with Crippen molar-refractivity contribution in [3.05, 3.63) is 33.9 Å². The number of nitro benzene ring substituents is 1. The van der Waals surface area contributed by atoms with Gasteiger partial charge in [-0.05, 0) is 19.1 Å². The summed E-state index contributed by atoms with van der Waals surface area (Å²) in [6.45, 7) is 2.09. The Balaban J connectivity index is 2.27. The average Bonchev–Trinajstić information content (AvgIpc) is 2.70. The van der Waals surface area contributed by atoms with Crippen molar-refractivity contribution in [1.82, 2.24) is 0 Å². The molecule has 1 heterocycles. The molecule has 1 atom stereocenters. The van der Waals surface area contributed by atoms with Crippen molar-refractivity contribution >= 4 is 17.3 Å². The number of hydrogen-bond acceptors (Lipinski definition) is 4. The van der Waals surface area contributed by atoms with Crippen molar-refractivity contribution in [3.63, 3.8) is 0 Å². The summed E-state index contributed by atoms with van der Waals surface area (Å²) in [5.41, 5.74) is 1.22. The fourth-order valence-corrected chi connectivity index (χ4v) is 2.17. The number of benzene rings is 1. The number of aryl methyl sites for hydroxylation is 1. The maximum Gasteiger partial charge on any atom is 0.272 e. The van der Waals surface area contributed by atoms with Crippen LogP contribution in [0.1, 0.15) is 12.0 Å². The number of aliphatic hydroxyl groups excluding tert-OH is 1. The van der Waals surface area contributed by atoms with E-state index in [1.165, 1.54) is 6.07 Å². The Bertz CT molecular complexity index is 501. The van der Waals surface area contributed by atoms with E-state index >= 15 is 0 Å². The number of carbonyl (C=O) groups is 1. The predicted molar refractivity (Wildman–Crippen MR) is 65.4 cm³/mol. The summed E-state index contributed by atoms with van der Waals surface area (Å²) >= 11 is 0. The van der Waals surface area contributed by atoms with Crippen molar-refractivity contribution in [1.29, 1.82) is 0 Å². The van der Waals surface area contributed by atoms with Crippen LogP contribution in [-0.2, 0) is 4.79 Å². The number of nitro groups is 1. The first-order valence-corrected chi connectivity index (χ1v) is 5.69. The smallest absolute Gasteiger partial charge is 0.272 e. The van der Waals surface area contributed by atoms with E-state index in [1.54, 1.807) is 24.0 Å². The maximum atomic E-state index is 11.8. The molecule has 1 unspecified atom stereocenters. The third-order valence-electron chi connectivity index (χ3n) is 3.15. The Labute approximate surface area is 104 Å². The van der Waals surface area contributed by atoms with Gasteiger partial charge in [-0.15, -0.1) is 0 Å². The highest BCUT2D eigenvalue weighted by Crippen LogP contribution is 2.28. The lowest BCUT2D eigenvalue weighted by atomic mass is 10.1. The van der Waals surface area contributed by atoms with Crippen LogP contribution >= 0.6 is 0 Å². The van der Waals surface area contributed by atoms with Crippen LogP contribution in [0.4, 0.5) is 11.4 Å². The molecule has 0 saturated carbocycles. The zero-order valence-corrected chi connectivity index (χ0v) is 10.00. The van der Waals surface area contributed by atoms with Crippen LogP contribution in [0.25, 0.3) is 0 Å². The first-order valence-electron chi connectivity index (χ1n) is 5.69. The van der Waals surface area contributed by atoms with E-state index in [0.717, 1.165) is 0 Å². The lowest BCUT2D eigenvalue weighted by molar-refractivity contribution is -0.385. The average molecular weight is 250 g/mol. The number of carbonyl (C=O) groups excluding carboxylic acids is 1. The predicted octanol–water partition coefficient (Wildman–Crippen LogP) is 1.25. The van der Waals surface area contributed by atoms with Crippen molar-refractivity contribution in [2.45, 2.75) is 13.3 Å². The molecule has 0 aromatic heterocycles. The molecule has 6 heteroatoms. The Hall–Kier alpha value is -1.95. The van der Waals surface area contributed by atoms with Crippen LogP contribution in [0.15, 0.2) is 18.2 Å². The summed E-state index contributed by atoms with van der Waals surface area (Å²) in [5, 5.41) is 19.8. The van der Waals surface area contributed by atoms with Gasteiger partial charge in [-0.2, -0.15) is 0 Å². The van der Waals surface area contributed by atoms with Gasteiger partial charge in [0.05, 0.1) is 4.92 Å². The summed E-state index contributed by atoms with van der Waals surface area (Å²) in [6, 6.07) is 4.61. The van der Waals surface area contributed by atoms with Crippen LogP contribution in [0, 0.1) is 23.0 Å². The van der Waals surface area contributed by atoms with Crippen molar-refractivity contribution in [2.75, 3.05) is 18.1 Å². The normalized spacial score (nSPS) is 19.3. The molecule has 1 fully saturated rings. The quantitative estimate of drug-likeness (QED) is 0.646. The van der Waals surface area contributed by atoms with Gasteiger partial charge in [0.25, 0.3) is 5.69 Å². The molecule has 1 aromatic carbocycles. The van der Waals surface area contributed by atoms with Gasteiger partial charge < -0.3 is 10.0 Å². The molecule has 1 aliphatic heterocycles. The van der Waals surface area contributed by atoms with Gasteiger partial charge in [-0.1, -0.05) is 0 Å². The number of amides is 1. The Kier molecular flexibility index (Phi) is 3.29. The monoisotopic (exact) mass is 250 g/mol. The minimum absolute atomic E-state index is 0.0196. The van der Waals surface area contributed by atoms with Gasteiger partial charge in [0.15, 0.2) is 0 Å². The molecule has 1 saturated heterocycles. The van der Waals surface area contributed by atoms with Gasteiger partial charge in [-0.3, -0.25) is 14.9 Å². The molecule has 0 radical (unpaired) electrons. The Morgan fingerprint density at radius 3 is 2.78 bits per heavy atom. The van der Waals surface area contributed by atoms with E-state index in [4.69, 9.17) is 5.11 Å². The van der Waals surface area contributed by atoms with Crippen molar-refractivity contribution in [2.24, 2.45) is 5.92 Å². The number of anilines is 1. The van der Waals surface area contributed by atoms with Crippen LogP contribution in [-0.4, -0.2) is 29.1 Å². The standard InChI is InChI=1S/C12H14N2O4/c1-8-4-10(2-3-11(8)14(17)18)13-6-9(7-15)5-12(13)16/h2-4,9,15H,5-7H2,1H3. The number of hydrogen-bond donors (Lipinski definition) is 1. The van der Waals surface area contributed by atoms with Gasteiger partial charge in [0.2, 0.25) is 5.91 Å². The topological polar surface area (TPSA) is 83.7 Å². The number of nitrogens with zero attached hydrogens (tertiary/aromatic N) is 2. The van der Waals surface area contributed by atoms with Crippen molar-refractivity contribution < 1.29 is 14.8 Å². The SMILES string of the molecule is Cc1cc(N2CC(CO)CC2=O)ccc1[N+](=O)[O-]. The lowest BCUT2D eigenvalue weighted by Gasteiger charge is -2.16. The molecule has 6 nitrogen and oxygen atoms in total. The van der Waals surface area contributed by atoms with Crippen LogP contribution in [0.3, 0.4) is 0 Å². The Morgan fingerprint density at radius 1 is 1.56 bits per heavy atom. The molecule has 2 rings (SSSR count). The molecule has 1 aliphatic rings. The molecule has 1 aromatic rings. The van der Waals surface area contributed by atoms with E-state index in [-0.39, 0.29) is 24.1 Å². The molecular formula is C12H14N2O4. The van der Waals surface area contributed by atoms with E-state index in [0.29, 0.717) is 24.2 Å². The third kappa shape index (κ3) is 2.19. The molecule has 0 bridgehead atoms. The number of aliphatic hydroxyl groups is 1. The van der Waals surface area contributed by atoms with E-state index in [2.05, 4.69) is 0 Å². The second kappa shape index (κ2) is 4.73. The van der Waals surface area contributed by atoms with Gasteiger partial charge in [-0.25, -0.2) is 0 Å². The second-order valence-electron chi connectivity index (χ2n) is 4.48. The fourth-order valence-electron chi connectivity index (χ4n) is 2.17. The summed E-state index contributed by atoms with van der Waals surface area (Å²) < 4.78 is 0. The molecule has 0 spiro atoms. The molecule has 1 amide bonds. The zero-order valence-electron chi connectivity index (χ0n) is 10.00. The first kappa shape index (κ1) is 12.5. The highest BCUT2D eigenvalue weighted by molar-refractivity contribution is 5.96. The van der Waals surface area contributed by atoms with E-state index in [1.807, 2.05) is 0 Å². The largest absolute Gasteiger partial charge is 0.396 e. The van der Waals surface area contributed by atoms with Gasteiger partial charge >= 0.3 is 0 Å². The minimum atomic E-state index is -0.443. The third-order valence-corrected chi connectivity index (χ3v) is 3.15. The highest BCUT2D eigenvalue weighted by Gasteiger charge is 2.30. The molecule has 18 heavy (non-hydrogen) atoms. The van der Waals surface area contributed by atoms with E-state index < -0.39 is 4.92 Å². The maximum absolute atomic E-state index is 11.8. The Morgan fingerprint density at radius 2 is 2.28 bits per heavy atom.